The minimum Gasteiger partial charge on any atom is -0.426 e. The maximum atomic E-state index is 12.2. The predicted molar refractivity (Wildman–Crippen MR) is 102 cm³/mol. The van der Waals surface area contributed by atoms with Crippen molar-refractivity contribution in [2.24, 2.45) is 17.8 Å². The molecule has 0 bridgehead atoms. The molecule has 1 aromatic heterocycles. The van der Waals surface area contributed by atoms with E-state index in [0.29, 0.717) is 24.0 Å². The molecule has 0 radical (unpaired) electrons. The summed E-state index contributed by atoms with van der Waals surface area (Å²) in [6, 6.07) is 1.94. The fourth-order valence-electron chi connectivity index (χ4n) is 3.32. The van der Waals surface area contributed by atoms with Crippen molar-refractivity contribution in [1.82, 2.24) is 9.97 Å². The van der Waals surface area contributed by atoms with E-state index in [0.717, 1.165) is 40.1 Å². The first-order chi connectivity index (χ1) is 11.8. The second kappa shape index (κ2) is 7.03. The maximum Gasteiger partial charge on any atom is 0.311 e. The molecule has 134 valence electrons. The molecule has 1 N–H and O–H groups in total. The fourth-order valence-corrected chi connectivity index (χ4v) is 3.32. The maximum absolute atomic E-state index is 12.2. The van der Waals surface area contributed by atoms with Crippen molar-refractivity contribution in [3.05, 3.63) is 22.3 Å². The molecule has 1 atom stereocenters. The molecule has 0 spiro atoms. The predicted octanol–water partition coefficient (Wildman–Crippen LogP) is 3.31. The van der Waals surface area contributed by atoms with Gasteiger partial charge >= 0.3 is 5.97 Å². The molecule has 1 aliphatic rings. The lowest BCUT2D eigenvalue weighted by molar-refractivity contribution is -0.135. The van der Waals surface area contributed by atoms with Crippen molar-refractivity contribution in [3.8, 4) is 5.75 Å². The molecule has 1 aliphatic carbocycles. The van der Waals surface area contributed by atoms with E-state index >= 15 is 0 Å². The first-order valence-electron chi connectivity index (χ1n) is 9.27. The molecule has 25 heavy (non-hydrogen) atoms. The number of aromatic amines is 1. The van der Waals surface area contributed by atoms with Crippen molar-refractivity contribution in [3.63, 3.8) is 0 Å². The highest BCUT2D eigenvalue weighted by molar-refractivity contribution is 5.81. The number of hydrogen-bond donors (Lipinski definition) is 1. The van der Waals surface area contributed by atoms with Crippen LogP contribution in [0.1, 0.15) is 53.3 Å². The standard InChI is InChI=1S/C21H28N2O2/c1-12(2)8-19-22-17-11-18(25-20(24)9-13(3)4)16-10-14(5)6-7-15(16)21(17)23-19/h7,10-14H,6,8-9H2,1-5H3,(H,22,23). The highest BCUT2D eigenvalue weighted by atomic mass is 16.5. The number of nitrogens with zero attached hydrogens (tertiary/aromatic N) is 1. The number of H-pyrrole nitrogens is 1. The van der Waals surface area contributed by atoms with E-state index in [4.69, 9.17) is 9.72 Å². The summed E-state index contributed by atoms with van der Waals surface area (Å²) in [7, 11) is 0. The summed E-state index contributed by atoms with van der Waals surface area (Å²) in [4.78, 5) is 20.4. The zero-order chi connectivity index (χ0) is 18.1. The number of benzene rings is 1. The molecule has 2 aromatic rings. The van der Waals surface area contributed by atoms with Crippen molar-refractivity contribution in [2.75, 3.05) is 0 Å². The lowest BCUT2D eigenvalue weighted by Gasteiger charge is -2.12. The summed E-state index contributed by atoms with van der Waals surface area (Å²) in [5, 5.41) is 2.10. The Morgan fingerprint density at radius 1 is 1.28 bits per heavy atom. The largest absolute Gasteiger partial charge is 0.426 e. The van der Waals surface area contributed by atoms with Gasteiger partial charge in [-0.2, -0.15) is 0 Å². The second-order valence-corrected chi connectivity index (χ2v) is 8.04. The van der Waals surface area contributed by atoms with Crippen LogP contribution in [0.3, 0.4) is 0 Å². The minimum absolute atomic E-state index is 0.176. The molecular formula is C21H28N2O2. The Labute approximate surface area is 149 Å². The van der Waals surface area contributed by atoms with E-state index in [1.807, 2.05) is 19.9 Å². The number of ether oxygens (including phenoxy) is 1. The third-order valence-electron chi connectivity index (χ3n) is 4.41. The summed E-state index contributed by atoms with van der Waals surface area (Å²) in [5.41, 5.74) is 1.93. The number of carbonyl (C=O) groups is 1. The van der Waals surface area contributed by atoms with Gasteiger partial charge in [0.1, 0.15) is 11.6 Å². The molecule has 3 rings (SSSR count). The van der Waals surface area contributed by atoms with Crippen LogP contribution in [0, 0.1) is 17.8 Å². The average molecular weight is 340 g/mol. The lowest BCUT2D eigenvalue weighted by atomic mass is 9.98. The van der Waals surface area contributed by atoms with Crippen LogP contribution in [0.4, 0.5) is 0 Å². The van der Waals surface area contributed by atoms with E-state index in [2.05, 4.69) is 37.9 Å². The van der Waals surface area contributed by atoms with Gasteiger partial charge in [0.25, 0.3) is 0 Å². The molecular weight excluding hydrogens is 312 g/mol. The highest BCUT2D eigenvalue weighted by Crippen LogP contribution is 2.18. The number of rotatable bonds is 5. The van der Waals surface area contributed by atoms with Crippen LogP contribution in [0.2, 0.25) is 0 Å². The number of hydrogen-bond acceptors (Lipinski definition) is 3. The Kier molecular flexibility index (Phi) is 4.98. The van der Waals surface area contributed by atoms with Gasteiger partial charge in [0.05, 0.1) is 11.0 Å². The molecule has 0 aliphatic heterocycles. The normalized spacial score (nSPS) is 16.7. The summed E-state index contributed by atoms with van der Waals surface area (Å²) >= 11 is 0. The van der Waals surface area contributed by atoms with Crippen LogP contribution < -0.4 is 15.2 Å². The summed E-state index contributed by atoms with van der Waals surface area (Å²) in [6.07, 6.45) is 6.74. The molecule has 0 amide bonds. The van der Waals surface area contributed by atoms with Gasteiger partial charge in [-0.25, -0.2) is 4.98 Å². The van der Waals surface area contributed by atoms with Gasteiger partial charge in [-0.1, -0.05) is 46.8 Å². The average Bonchev–Trinajstić information content (AvgIpc) is 2.87. The first kappa shape index (κ1) is 17.7. The topological polar surface area (TPSA) is 55.0 Å². The monoisotopic (exact) mass is 340 g/mol. The van der Waals surface area contributed by atoms with Crippen LogP contribution >= 0.6 is 0 Å². The van der Waals surface area contributed by atoms with Gasteiger partial charge < -0.3 is 9.72 Å². The van der Waals surface area contributed by atoms with Crippen molar-refractivity contribution in [2.45, 2.75) is 53.9 Å². The van der Waals surface area contributed by atoms with Gasteiger partial charge in [-0.15, -0.1) is 0 Å². The van der Waals surface area contributed by atoms with E-state index in [1.54, 1.807) is 0 Å². The molecule has 0 fully saturated rings. The van der Waals surface area contributed by atoms with E-state index in [1.165, 1.54) is 0 Å². The Balaban J connectivity index is 2.12. The lowest BCUT2D eigenvalue weighted by Crippen LogP contribution is -2.32. The number of carbonyl (C=O) groups excluding carboxylic acids is 1. The van der Waals surface area contributed by atoms with Crippen molar-refractivity contribution >= 4 is 29.2 Å². The summed E-state index contributed by atoms with van der Waals surface area (Å²) < 4.78 is 5.73. The molecule has 1 unspecified atom stereocenters. The number of aromatic nitrogens is 2. The SMILES string of the molecule is CC(C)CC(=O)Oc1cc2[nH]c(CC(C)C)nc2c2c1=CC(C)CC=2. The molecule has 0 saturated heterocycles. The molecule has 1 heterocycles. The summed E-state index contributed by atoms with van der Waals surface area (Å²) in [6.45, 7) is 10.6. The summed E-state index contributed by atoms with van der Waals surface area (Å²) in [5.74, 6) is 2.72. The van der Waals surface area contributed by atoms with E-state index in [9.17, 15) is 4.79 Å². The Hall–Kier alpha value is -2.10. The third kappa shape index (κ3) is 3.94. The zero-order valence-corrected chi connectivity index (χ0v) is 15.8. The zero-order valence-electron chi connectivity index (χ0n) is 15.8. The van der Waals surface area contributed by atoms with Crippen LogP contribution in [-0.2, 0) is 11.2 Å². The fraction of sp³-hybridized carbons (Fsp3) is 0.524. The smallest absolute Gasteiger partial charge is 0.311 e. The number of fused-ring (bicyclic) bond motifs is 3. The second-order valence-electron chi connectivity index (χ2n) is 8.04. The van der Waals surface area contributed by atoms with E-state index in [-0.39, 0.29) is 11.9 Å². The van der Waals surface area contributed by atoms with E-state index < -0.39 is 0 Å². The van der Waals surface area contributed by atoms with Gasteiger partial charge in [0.15, 0.2) is 0 Å². The quantitative estimate of drug-likeness (QED) is 0.671. The van der Waals surface area contributed by atoms with Gasteiger partial charge in [0.2, 0.25) is 0 Å². The van der Waals surface area contributed by atoms with Crippen LogP contribution in [0.15, 0.2) is 6.07 Å². The van der Waals surface area contributed by atoms with Gasteiger partial charge in [-0.3, -0.25) is 4.79 Å². The van der Waals surface area contributed by atoms with Crippen molar-refractivity contribution < 1.29 is 9.53 Å². The number of imidazole rings is 1. The van der Waals surface area contributed by atoms with Gasteiger partial charge in [-0.05, 0) is 24.2 Å². The molecule has 0 saturated carbocycles. The van der Waals surface area contributed by atoms with Crippen LogP contribution in [0.5, 0.6) is 5.75 Å². The first-order valence-corrected chi connectivity index (χ1v) is 9.27. The highest BCUT2D eigenvalue weighted by Gasteiger charge is 2.16. The molecule has 1 aromatic carbocycles. The van der Waals surface area contributed by atoms with Crippen LogP contribution in [-0.4, -0.2) is 15.9 Å². The minimum atomic E-state index is -0.176. The van der Waals surface area contributed by atoms with Crippen molar-refractivity contribution in [1.29, 1.82) is 0 Å². The number of nitrogens with one attached hydrogen (secondary N) is 1. The third-order valence-corrected chi connectivity index (χ3v) is 4.41. The Morgan fingerprint density at radius 2 is 2.04 bits per heavy atom. The Morgan fingerprint density at radius 3 is 2.72 bits per heavy atom. The molecule has 4 heteroatoms. The molecule has 4 nitrogen and oxygen atoms in total. The van der Waals surface area contributed by atoms with Crippen LogP contribution in [0.25, 0.3) is 23.2 Å². The Bertz CT molecular complexity index is 906. The number of esters is 1. The van der Waals surface area contributed by atoms with Gasteiger partial charge in [0, 0.05) is 29.3 Å².